The van der Waals surface area contributed by atoms with E-state index in [0.29, 0.717) is 13.0 Å². The van der Waals surface area contributed by atoms with E-state index in [1.807, 2.05) is 59.3 Å². The molecule has 1 aliphatic rings. The highest BCUT2D eigenvalue weighted by molar-refractivity contribution is 5.78. The third kappa shape index (κ3) is 3.03. The van der Waals surface area contributed by atoms with E-state index in [4.69, 9.17) is 4.98 Å². The van der Waals surface area contributed by atoms with Gasteiger partial charge in [-0.15, -0.1) is 0 Å². The summed E-state index contributed by atoms with van der Waals surface area (Å²) >= 11 is 0. The van der Waals surface area contributed by atoms with Gasteiger partial charge in [0, 0.05) is 30.9 Å². The lowest BCUT2D eigenvalue weighted by Crippen LogP contribution is -2.46. The molecule has 0 saturated carbocycles. The van der Waals surface area contributed by atoms with Crippen molar-refractivity contribution in [2.75, 3.05) is 6.54 Å². The summed E-state index contributed by atoms with van der Waals surface area (Å²) in [5, 5.41) is 9.99. The fourth-order valence-corrected chi connectivity index (χ4v) is 4.71. The minimum atomic E-state index is -0.885. The van der Waals surface area contributed by atoms with Crippen LogP contribution in [0, 0.1) is 0 Å². The van der Waals surface area contributed by atoms with Gasteiger partial charge in [-0.2, -0.15) is 0 Å². The monoisotopic (exact) mass is 397 g/mol. The van der Waals surface area contributed by atoms with Crippen LogP contribution in [-0.2, 0) is 12.0 Å². The van der Waals surface area contributed by atoms with Crippen molar-refractivity contribution in [2.45, 2.75) is 24.8 Å². The Morgan fingerprint density at radius 1 is 1.00 bits per heavy atom. The molecule has 1 aliphatic heterocycles. The number of imidazole rings is 1. The molecule has 2 aromatic heterocycles. The third-order valence-corrected chi connectivity index (χ3v) is 6.10. The van der Waals surface area contributed by atoms with Crippen molar-refractivity contribution < 1.29 is 9.90 Å². The average molecular weight is 397 g/mol. The Morgan fingerprint density at radius 3 is 2.47 bits per heavy atom. The van der Waals surface area contributed by atoms with Crippen LogP contribution in [0.3, 0.4) is 0 Å². The number of likely N-dealkylation sites (tertiary alicyclic amines) is 1. The summed E-state index contributed by atoms with van der Waals surface area (Å²) in [6.45, 7) is 0.529. The van der Waals surface area contributed by atoms with Crippen molar-refractivity contribution in [3.8, 4) is 11.1 Å². The van der Waals surface area contributed by atoms with Gasteiger partial charge in [-0.05, 0) is 36.1 Å². The number of carbonyl (C=O) groups is 1. The minimum Gasteiger partial charge on any atom is -0.465 e. The zero-order chi connectivity index (χ0) is 20.6. The first-order valence-corrected chi connectivity index (χ1v) is 10.3. The molecule has 1 fully saturated rings. The van der Waals surface area contributed by atoms with Gasteiger partial charge in [0.25, 0.3) is 0 Å². The highest BCUT2D eigenvalue weighted by Crippen LogP contribution is 2.42. The van der Waals surface area contributed by atoms with Gasteiger partial charge >= 0.3 is 6.09 Å². The molecule has 4 aromatic rings. The molecular weight excluding hydrogens is 374 g/mol. The van der Waals surface area contributed by atoms with Gasteiger partial charge < -0.3 is 9.51 Å². The Labute approximate surface area is 175 Å². The first-order valence-electron chi connectivity index (χ1n) is 10.3. The van der Waals surface area contributed by atoms with Crippen LogP contribution < -0.4 is 0 Å². The van der Waals surface area contributed by atoms with Gasteiger partial charge in [-0.3, -0.25) is 4.90 Å². The van der Waals surface area contributed by atoms with Crippen LogP contribution in [0.4, 0.5) is 4.79 Å². The van der Waals surface area contributed by atoms with Crippen molar-refractivity contribution in [3.05, 3.63) is 96.4 Å². The number of pyridine rings is 1. The molecule has 1 atom stereocenters. The highest BCUT2D eigenvalue weighted by Gasteiger charge is 2.47. The largest absolute Gasteiger partial charge is 0.465 e. The fourth-order valence-electron chi connectivity index (χ4n) is 4.71. The number of aromatic nitrogens is 2. The fraction of sp³-hybridized carbons (Fsp3) is 0.200. The molecular formula is C25H23N3O2. The summed E-state index contributed by atoms with van der Waals surface area (Å²) in [6, 6.07) is 24.4. The van der Waals surface area contributed by atoms with Gasteiger partial charge in [0.1, 0.15) is 5.65 Å². The van der Waals surface area contributed by atoms with E-state index < -0.39 is 11.6 Å². The Hall–Kier alpha value is -3.60. The number of rotatable bonds is 4. The van der Waals surface area contributed by atoms with Crippen LogP contribution in [-0.4, -0.2) is 32.0 Å². The summed E-state index contributed by atoms with van der Waals surface area (Å²) in [4.78, 5) is 18.8. The van der Waals surface area contributed by atoms with Crippen molar-refractivity contribution in [1.29, 1.82) is 0 Å². The van der Waals surface area contributed by atoms with Gasteiger partial charge in [0.2, 0.25) is 0 Å². The van der Waals surface area contributed by atoms with Crippen LogP contribution in [0.5, 0.6) is 0 Å². The summed E-state index contributed by atoms with van der Waals surface area (Å²) < 4.78 is 2.02. The van der Waals surface area contributed by atoms with Gasteiger partial charge in [-0.1, -0.05) is 60.7 Å². The second-order valence-electron chi connectivity index (χ2n) is 7.88. The van der Waals surface area contributed by atoms with Gasteiger partial charge in [-0.25, -0.2) is 9.78 Å². The average Bonchev–Trinajstić information content (AvgIpc) is 3.40. The second-order valence-corrected chi connectivity index (χ2v) is 7.88. The zero-order valence-electron chi connectivity index (χ0n) is 16.6. The number of amides is 1. The van der Waals surface area contributed by atoms with Gasteiger partial charge in [0.15, 0.2) is 0 Å². The molecule has 0 radical (unpaired) electrons. The van der Waals surface area contributed by atoms with Crippen molar-refractivity contribution in [2.24, 2.45) is 0 Å². The van der Waals surface area contributed by atoms with E-state index in [-0.39, 0.29) is 0 Å². The van der Waals surface area contributed by atoms with Crippen molar-refractivity contribution in [3.63, 3.8) is 0 Å². The van der Waals surface area contributed by atoms with Crippen LogP contribution in [0.1, 0.15) is 24.1 Å². The van der Waals surface area contributed by atoms with E-state index in [1.54, 1.807) is 4.90 Å². The Kier molecular flexibility index (Phi) is 4.51. The first-order chi connectivity index (χ1) is 14.7. The van der Waals surface area contributed by atoms with E-state index >= 15 is 0 Å². The lowest BCUT2D eigenvalue weighted by atomic mass is 9.85. The second kappa shape index (κ2) is 7.34. The molecule has 5 nitrogen and oxygen atoms in total. The Balaban J connectivity index is 1.67. The first kappa shape index (κ1) is 18.4. The molecule has 1 amide bonds. The topological polar surface area (TPSA) is 57.8 Å². The lowest BCUT2D eigenvalue weighted by Gasteiger charge is -2.35. The van der Waals surface area contributed by atoms with Crippen LogP contribution in [0.2, 0.25) is 0 Å². The zero-order valence-corrected chi connectivity index (χ0v) is 16.6. The smallest absolute Gasteiger partial charge is 0.408 e. The number of hydrogen-bond acceptors (Lipinski definition) is 2. The molecule has 5 rings (SSSR count). The normalized spacial score (nSPS) is 18.7. The molecule has 1 N–H and O–H groups in total. The van der Waals surface area contributed by atoms with Crippen LogP contribution >= 0.6 is 0 Å². The van der Waals surface area contributed by atoms with Crippen molar-refractivity contribution in [1.82, 2.24) is 14.3 Å². The predicted octanol–water partition coefficient (Wildman–Crippen LogP) is 5.21. The van der Waals surface area contributed by atoms with Crippen LogP contribution in [0.15, 0.2) is 85.2 Å². The molecule has 30 heavy (non-hydrogen) atoms. The van der Waals surface area contributed by atoms with E-state index in [2.05, 4.69) is 30.3 Å². The maximum Gasteiger partial charge on any atom is 0.408 e. The van der Waals surface area contributed by atoms with E-state index in [9.17, 15) is 9.90 Å². The lowest BCUT2D eigenvalue weighted by molar-refractivity contribution is 0.0985. The maximum absolute atomic E-state index is 12.2. The number of benzene rings is 2. The van der Waals surface area contributed by atoms with E-state index in [1.165, 1.54) is 0 Å². The Morgan fingerprint density at radius 2 is 1.73 bits per heavy atom. The number of hydrogen-bond donors (Lipinski definition) is 1. The molecule has 1 saturated heterocycles. The van der Waals surface area contributed by atoms with Crippen molar-refractivity contribution >= 4 is 11.7 Å². The molecule has 0 bridgehead atoms. The predicted molar refractivity (Wildman–Crippen MR) is 116 cm³/mol. The van der Waals surface area contributed by atoms with Gasteiger partial charge in [0.05, 0.1) is 11.2 Å². The number of nitrogens with zero attached hydrogens (tertiary/aromatic N) is 3. The minimum absolute atomic E-state index is 0.529. The third-order valence-electron chi connectivity index (χ3n) is 6.10. The molecule has 1 unspecified atom stereocenters. The van der Waals surface area contributed by atoms with E-state index in [0.717, 1.165) is 40.9 Å². The summed E-state index contributed by atoms with van der Waals surface area (Å²) in [5.74, 6) is 0. The molecule has 0 aliphatic carbocycles. The maximum atomic E-state index is 12.2. The molecule has 0 spiro atoms. The summed E-state index contributed by atoms with van der Waals surface area (Å²) in [5.41, 5.74) is 4.26. The molecule has 2 aromatic carbocycles. The quantitative estimate of drug-likeness (QED) is 0.514. The standard InChI is InChI=1S/C25H23N3O2/c29-24(30)28-16-8-14-25(28,17-19-9-3-1-4-10-19)22-18-27-15-7-13-21(23(27)26-22)20-11-5-2-6-12-20/h1-7,9-13,15,18H,8,14,16-17H2,(H,29,30). The molecule has 5 heteroatoms. The molecule has 3 heterocycles. The summed E-state index contributed by atoms with van der Waals surface area (Å²) in [6.07, 6.45) is 5.31. The highest BCUT2D eigenvalue weighted by atomic mass is 16.4. The summed E-state index contributed by atoms with van der Waals surface area (Å²) in [7, 11) is 0. The number of carboxylic acid groups (broad SMARTS) is 1. The molecule has 150 valence electrons. The van der Waals surface area contributed by atoms with Crippen LogP contribution in [0.25, 0.3) is 16.8 Å². The SMILES string of the molecule is O=C(O)N1CCCC1(Cc1ccccc1)c1cn2cccc(-c3ccccc3)c2n1. The Bertz CT molecular complexity index is 1190. The number of fused-ring (bicyclic) bond motifs is 1.